The Balaban J connectivity index is -0.000000521. The first-order valence-corrected chi connectivity index (χ1v) is 16.5. The van der Waals surface area contributed by atoms with E-state index in [0.717, 1.165) is 44.6 Å². The van der Waals surface area contributed by atoms with E-state index in [0.29, 0.717) is 0 Å². The highest BCUT2D eigenvalue weighted by atomic mass is 28.5. The Morgan fingerprint density at radius 2 is 1.00 bits per heavy atom. The van der Waals surface area contributed by atoms with Gasteiger partial charge < -0.3 is 13.0 Å². The molecule has 190 valence electrons. The normalized spacial score (nSPS) is 12.6. The third kappa shape index (κ3) is 21.5. The van der Waals surface area contributed by atoms with Gasteiger partial charge in [0.1, 0.15) is 0 Å². The molecule has 0 fully saturated rings. The molecular weight excluding hydrogens is 404 g/mol. The molecule has 0 saturated heterocycles. The molecule has 3 nitrogen and oxygen atoms in total. The average molecular weight is 469 g/mol. The molecule has 0 aromatic carbocycles. The summed E-state index contributed by atoms with van der Waals surface area (Å²) in [5.74, 6) is 0. The predicted molar refractivity (Wildman–Crippen MR) is 146 cm³/mol. The van der Waals surface area contributed by atoms with E-state index in [1.54, 1.807) is 0 Å². The fraction of sp³-hybridized carbons (Fsp3) is 1.00. The van der Waals surface area contributed by atoms with Crippen molar-refractivity contribution in [1.82, 2.24) is 0 Å². The minimum atomic E-state index is -2.16. The minimum Gasteiger partial charge on any atom is -0.415 e. The van der Waals surface area contributed by atoms with Crippen LogP contribution in [0.15, 0.2) is 0 Å². The van der Waals surface area contributed by atoms with E-state index in [2.05, 4.69) is 40.8 Å². The maximum Gasteiger partial charge on any atom is 0.329 e. The van der Waals surface area contributed by atoms with E-state index >= 15 is 0 Å². The van der Waals surface area contributed by atoms with Gasteiger partial charge in [-0.1, -0.05) is 115 Å². The first-order chi connectivity index (χ1) is 12.4. The van der Waals surface area contributed by atoms with Gasteiger partial charge in [0.25, 0.3) is 0 Å². The monoisotopic (exact) mass is 468 g/mol. The molecule has 0 bridgehead atoms. The molecule has 1 atom stereocenters. The minimum absolute atomic E-state index is 0. The van der Waals surface area contributed by atoms with E-state index in [4.69, 9.17) is 13.0 Å². The lowest BCUT2D eigenvalue weighted by molar-refractivity contribution is 0.182. The molecule has 0 aromatic rings. The van der Waals surface area contributed by atoms with Crippen molar-refractivity contribution in [3.63, 3.8) is 0 Å². The number of unbranched alkanes of at least 4 members (excludes halogenated alkanes) is 7. The molecule has 0 rings (SSSR count). The first-order valence-electron chi connectivity index (χ1n) is 11.4. The molecule has 5 heteroatoms. The molecule has 1 unspecified atom stereocenters. The van der Waals surface area contributed by atoms with Crippen LogP contribution in [0.5, 0.6) is 0 Å². The molecule has 0 amide bonds. The second-order valence-corrected chi connectivity index (χ2v) is 15.1. The Kier molecular flexibility index (Phi) is 34.7. The van der Waals surface area contributed by atoms with Gasteiger partial charge in [0.15, 0.2) is 0 Å². The quantitative estimate of drug-likeness (QED) is 0.139. The first kappa shape index (κ1) is 40.7. The van der Waals surface area contributed by atoms with E-state index in [9.17, 15) is 0 Å². The van der Waals surface area contributed by atoms with Crippen molar-refractivity contribution in [1.29, 1.82) is 0 Å². The van der Waals surface area contributed by atoms with Crippen LogP contribution in [-0.4, -0.2) is 30.3 Å². The van der Waals surface area contributed by atoms with Gasteiger partial charge in [0.2, 0.25) is 0 Å². The Morgan fingerprint density at radius 1 is 0.500 bits per heavy atom. The van der Waals surface area contributed by atoms with Crippen molar-refractivity contribution in [2.75, 3.05) is 13.2 Å². The number of hydrogen-bond donors (Lipinski definition) is 0. The van der Waals surface area contributed by atoms with Crippen LogP contribution in [-0.2, 0) is 13.0 Å². The summed E-state index contributed by atoms with van der Waals surface area (Å²) in [4.78, 5) is 0. The topological polar surface area (TPSA) is 27.7 Å². The van der Waals surface area contributed by atoms with Crippen molar-refractivity contribution in [2.24, 2.45) is 0 Å². The van der Waals surface area contributed by atoms with Crippen LogP contribution in [0.3, 0.4) is 0 Å². The van der Waals surface area contributed by atoms with E-state index in [-0.39, 0.29) is 29.7 Å². The largest absolute Gasteiger partial charge is 0.415 e. The predicted octanol–water partition coefficient (Wildman–Crippen LogP) is 10.1. The van der Waals surface area contributed by atoms with Gasteiger partial charge in [-0.3, -0.25) is 0 Å². The molecule has 0 spiro atoms. The van der Waals surface area contributed by atoms with Crippen molar-refractivity contribution < 1.29 is 13.0 Å². The van der Waals surface area contributed by atoms with Gasteiger partial charge in [-0.25, -0.2) is 0 Å². The smallest absolute Gasteiger partial charge is 0.329 e. The van der Waals surface area contributed by atoms with E-state index < -0.39 is 17.1 Å². The third-order valence-corrected chi connectivity index (χ3v) is 12.2. The zero-order valence-corrected chi connectivity index (χ0v) is 20.8. The fourth-order valence-electron chi connectivity index (χ4n) is 3.33. The molecule has 30 heavy (non-hydrogen) atoms. The van der Waals surface area contributed by atoms with Crippen LogP contribution in [0.2, 0.25) is 25.2 Å². The highest BCUT2D eigenvalue weighted by molar-refractivity contribution is 6.80. The van der Waals surface area contributed by atoms with Crippen molar-refractivity contribution in [3.05, 3.63) is 0 Å². The molecule has 0 N–H and O–H groups in total. The Bertz CT molecular complexity index is 315. The van der Waals surface area contributed by atoms with Crippen LogP contribution in [0.25, 0.3) is 0 Å². The molecule has 0 radical (unpaired) electrons. The Morgan fingerprint density at radius 3 is 1.50 bits per heavy atom. The highest BCUT2D eigenvalue weighted by Gasteiger charge is 2.43. The lowest BCUT2D eigenvalue weighted by Gasteiger charge is -2.37. The zero-order chi connectivity index (χ0) is 19.7. The maximum absolute atomic E-state index is 6.83. The van der Waals surface area contributed by atoms with Crippen LogP contribution >= 0.6 is 0 Å². The van der Waals surface area contributed by atoms with Gasteiger partial charge in [-0.2, -0.15) is 0 Å². The molecule has 0 aromatic heterocycles. The number of rotatable bonds is 19. The summed E-state index contributed by atoms with van der Waals surface area (Å²) in [7, 11) is -4.28. The number of hydrogen-bond acceptors (Lipinski definition) is 3. The Labute approximate surface area is 196 Å². The SMILES string of the molecule is C.C.C.C.CCCCCCO[Si](C)(C)O[Si](CCC)(CCCCCC)OCCCC. The second-order valence-electron chi connectivity index (χ2n) is 8.08. The fourth-order valence-corrected chi connectivity index (χ4v) is 11.4. The third-order valence-electron chi connectivity index (χ3n) is 4.78. The molecule has 0 saturated carbocycles. The zero-order valence-electron chi connectivity index (χ0n) is 18.8. The van der Waals surface area contributed by atoms with Gasteiger partial charge >= 0.3 is 17.1 Å². The van der Waals surface area contributed by atoms with Crippen molar-refractivity contribution >= 4 is 17.1 Å². The average Bonchev–Trinajstić information content (AvgIpc) is 2.59. The van der Waals surface area contributed by atoms with Crippen LogP contribution in [0.1, 0.15) is 128 Å². The molecular formula is C25H64O3Si2. The van der Waals surface area contributed by atoms with Crippen LogP contribution < -0.4 is 0 Å². The summed E-state index contributed by atoms with van der Waals surface area (Å²) in [6.45, 7) is 15.2. The lowest BCUT2D eigenvalue weighted by atomic mass is 10.2. The summed E-state index contributed by atoms with van der Waals surface area (Å²) < 4.78 is 19.7. The van der Waals surface area contributed by atoms with E-state index in [1.807, 2.05) is 0 Å². The van der Waals surface area contributed by atoms with Crippen LogP contribution in [0, 0.1) is 0 Å². The molecule has 0 heterocycles. The standard InChI is InChI=1S/C21H48O3Si2.4CH4/c1-7-11-14-16-19-22-25(5,6)24-26(20-10-4,23-18-13-9-3)21-17-15-12-8-2;;;;/h7-21H2,1-6H3;4*1H4. The molecule has 0 aliphatic rings. The molecule has 0 aliphatic heterocycles. The summed E-state index contributed by atoms with van der Waals surface area (Å²) in [6, 6.07) is 2.25. The highest BCUT2D eigenvalue weighted by Crippen LogP contribution is 2.29. The summed E-state index contributed by atoms with van der Waals surface area (Å²) >= 11 is 0. The molecule has 0 aliphatic carbocycles. The van der Waals surface area contributed by atoms with Crippen molar-refractivity contribution in [2.45, 2.75) is 153 Å². The lowest BCUT2D eigenvalue weighted by Crippen LogP contribution is -2.52. The summed E-state index contributed by atoms with van der Waals surface area (Å²) in [5, 5.41) is 0. The van der Waals surface area contributed by atoms with Gasteiger partial charge in [0.05, 0.1) is 0 Å². The van der Waals surface area contributed by atoms with Gasteiger partial charge in [-0.15, -0.1) is 0 Å². The second kappa shape index (κ2) is 25.6. The summed E-state index contributed by atoms with van der Waals surface area (Å²) in [6.07, 6.45) is 13.6. The summed E-state index contributed by atoms with van der Waals surface area (Å²) in [5.41, 5.74) is 0. The van der Waals surface area contributed by atoms with Crippen molar-refractivity contribution in [3.8, 4) is 0 Å². The maximum atomic E-state index is 6.83. The van der Waals surface area contributed by atoms with Gasteiger partial charge in [-0.05, 0) is 38.0 Å². The Hall–Kier alpha value is 0.314. The van der Waals surface area contributed by atoms with Crippen LogP contribution in [0.4, 0.5) is 0 Å². The van der Waals surface area contributed by atoms with Gasteiger partial charge in [0, 0.05) is 13.2 Å². The van der Waals surface area contributed by atoms with E-state index in [1.165, 1.54) is 51.4 Å².